The van der Waals surface area contributed by atoms with Gasteiger partial charge < -0.3 is 19.1 Å². The Morgan fingerprint density at radius 1 is 1.09 bits per heavy atom. The van der Waals surface area contributed by atoms with Crippen LogP contribution in [0.4, 0.5) is 13.2 Å². The first-order chi connectivity index (χ1) is 15.6. The summed E-state index contributed by atoms with van der Waals surface area (Å²) in [5.74, 6) is -0.634. The third kappa shape index (κ3) is 6.92. The fraction of sp³-hybridized carbons (Fsp3) is 0.435. The highest BCUT2D eigenvalue weighted by molar-refractivity contribution is 5.79. The minimum atomic E-state index is -4.56. The number of pyridine rings is 1. The van der Waals surface area contributed by atoms with Crippen molar-refractivity contribution in [2.45, 2.75) is 33.0 Å². The number of aromatic nitrogens is 1. The van der Waals surface area contributed by atoms with E-state index in [4.69, 9.17) is 14.2 Å². The van der Waals surface area contributed by atoms with E-state index in [0.29, 0.717) is 16.7 Å². The summed E-state index contributed by atoms with van der Waals surface area (Å²) < 4.78 is 55.5. The van der Waals surface area contributed by atoms with Gasteiger partial charge in [-0.3, -0.25) is 9.59 Å². The van der Waals surface area contributed by atoms with Crippen LogP contribution in [0.25, 0.3) is 11.1 Å². The second-order valence-electron chi connectivity index (χ2n) is 7.09. The summed E-state index contributed by atoms with van der Waals surface area (Å²) in [6.45, 7) is 3.64. The molecule has 0 atom stereocenters. The van der Waals surface area contributed by atoms with E-state index in [1.807, 2.05) is 0 Å². The number of alkyl halides is 3. The van der Waals surface area contributed by atoms with Crippen molar-refractivity contribution in [2.75, 3.05) is 34.0 Å². The maximum atomic E-state index is 13.4. The molecule has 0 bridgehead atoms. The predicted molar refractivity (Wildman–Crippen MR) is 115 cm³/mol. The molecular formula is C23H27F3N2O5. The largest absolute Gasteiger partial charge is 0.481 e. The van der Waals surface area contributed by atoms with E-state index >= 15 is 0 Å². The van der Waals surface area contributed by atoms with Crippen molar-refractivity contribution < 1.29 is 37.0 Å². The minimum Gasteiger partial charge on any atom is -0.481 e. The van der Waals surface area contributed by atoms with Crippen LogP contribution < -0.4 is 4.74 Å². The Labute approximate surface area is 190 Å². The summed E-state index contributed by atoms with van der Waals surface area (Å²) >= 11 is 0. The Bertz CT molecular complexity index is 979. The second kappa shape index (κ2) is 11.6. The number of amides is 1. The van der Waals surface area contributed by atoms with Crippen LogP contribution in [0, 0.1) is 0 Å². The van der Waals surface area contributed by atoms with E-state index in [0.717, 1.165) is 12.1 Å². The molecule has 0 saturated carbocycles. The molecule has 2 rings (SSSR count). The van der Waals surface area contributed by atoms with Gasteiger partial charge in [0.15, 0.2) is 0 Å². The molecule has 0 fully saturated rings. The van der Waals surface area contributed by atoms with Crippen LogP contribution in [0.5, 0.6) is 5.88 Å². The number of likely N-dealkylation sites (N-methyl/N-ethyl adjacent to an activating group) is 1. The zero-order valence-electron chi connectivity index (χ0n) is 19.0. The molecule has 1 amide bonds. The summed E-state index contributed by atoms with van der Waals surface area (Å²) in [5, 5.41) is 0. The number of rotatable bonds is 10. The number of carbonyl (C=O) groups is 2. The molecule has 7 nitrogen and oxygen atoms in total. The molecule has 0 saturated heterocycles. The van der Waals surface area contributed by atoms with Crippen molar-refractivity contribution >= 4 is 11.9 Å². The number of carbonyl (C=O) groups excluding carboxylic acids is 2. The molecule has 10 heteroatoms. The number of halogens is 3. The van der Waals surface area contributed by atoms with Gasteiger partial charge >= 0.3 is 12.1 Å². The molecule has 0 N–H and O–H groups in total. The van der Waals surface area contributed by atoms with Crippen LogP contribution >= 0.6 is 0 Å². The van der Waals surface area contributed by atoms with E-state index < -0.39 is 17.7 Å². The summed E-state index contributed by atoms with van der Waals surface area (Å²) in [4.78, 5) is 29.9. The van der Waals surface area contributed by atoms with Crippen molar-refractivity contribution in [3.8, 4) is 17.0 Å². The van der Waals surface area contributed by atoms with Gasteiger partial charge in [-0.25, -0.2) is 4.98 Å². The zero-order valence-corrected chi connectivity index (χ0v) is 19.0. The lowest BCUT2D eigenvalue weighted by Crippen LogP contribution is -2.33. The van der Waals surface area contributed by atoms with Gasteiger partial charge in [0.2, 0.25) is 11.8 Å². The molecular weight excluding hydrogens is 441 g/mol. The van der Waals surface area contributed by atoms with E-state index in [2.05, 4.69) is 4.98 Å². The fourth-order valence-electron chi connectivity index (χ4n) is 3.29. The number of benzene rings is 1. The monoisotopic (exact) mass is 468 g/mol. The number of nitrogens with zero attached hydrogens (tertiary/aromatic N) is 2. The van der Waals surface area contributed by atoms with Gasteiger partial charge in [-0.15, -0.1) is 0 Å². The first kappa shape index (κ1) is 26.1. The number of esters is 1. The van der Waals surface area contributed by atoms with Gasteiger partial charge in [0.25, 0.3) is 0 Å². The quantitative estimate of drug-likeness (QED) is 0.493. The molecule has 1 aromatic heterocycles. The highest BCUT2D eigenvalue weighted by atomic mass is 19.4. The van der Waals surface area contributed by atoms with Crippen molar-refractivity contribution in [3.63, 3.8) is 0 Å². The zero-order chi connectivity index (χ0) is 24.6. The molecule has 0 aliphatic heterocycles. The maximum Gasteiger partial charge on any atom is 0.416 e. The third-order valence-electron chi connectivity index (χ3n) is 4.84. The SMILES string of the molecule is CCOC(=O)Cc1cnc(OC)c(-c2ccc(C(F)(F)F)cc2CN(CC)C(=O)COC)c1. The van der Waals surface area contributed by atoms with Gasteiger partial charge in [-0.2, -0.15) is 13.2 Å². The van der Waals surface area contributed by atoms with Crippen LogP contribution in [0.1, 0.15) is 30.5 Å². The molecule has 2 aromatic rings. The Hall–Kier alpha value is -3.14. The predicted octanol–water partition coefficient (Wildman–Crippen LogP) is 3.88. The lowest BCUT2D eigenvalue weighted by molar-refractivity contribution is -0.142. The normalized spacial score (nSPS) is 11.2. The van der Waals surface area contributed by atoms with Crippen LogP contribution in [0.15, 0.2) is 30.5 Å². The molecule has 1 aromatic carbocycles. The highest BCUT2D eigenvalue weighted by Crippen LogP contribution is 2.37. The summed E-state index contributed by atoms with van der Waals surface area (Å²) in [5.41, 5.74) is 0.730. The van der Waals surface area contributed by atoms with E-state index in [9.17, 15) is 22.8 Å². The third-order valence-corrected chi connectivity index (χ3v) is 4.84. The first-order valence-electron chi connectivity index (χ1n) is 10.3. The van der Waals surface area contributed by atoms with Crippen molar-refractivity contribution in [2.24, 2.45) is 0 Å². The van der Waals surface area contributed by atoms with Gasteiger partial charge in [-0.1, -0.05) is 6.07 Å². The Morgan fingerprint density at radius 2 is 1.82 bits per heavy atom. The minimum absolute atomic E-state index is 0.0544. The van der Waals surface area contributed by atoms with E-state index in [1.165, 1.54) is 31.4 Å². The number of methoxy groups -OCH3 is 2. The van der Waals surface area contributed by atoms with Crippen LogP contribution in [-0.4, -0.2) is 55.7 Å². The Balaban J connectivity index is 2.60. The highest BCUT2D eigenvalue weighted by Gasteiger charge is 2.31. The molecule has 0 unspecified atom stereocenters. The average molecular weight is 468 g/mol. The Kier molecular flexibility index (Phi) is 9.22. The van der Waals surface area contributed by atoms with E-state index in [-0.39, 0.29) is 50.1 Å². The molecule has 180 valence electrons. The van der Waals surface area contributed by atoms with Gasteiger partial charge in [0.05, 0.1) is 25.7 Å². The van der Waals surface area contributed by atoms with Gasteiger partial charge in [0.1, 0.15) is 6.61 Å². The second-order valence-corrected chi connectivity index (χ2v) is 7.09. The smallest absolute Gasteiger partial charge is 0.416 e. The standard InChI is InChI=1S/C23H27F3N2O5/c1-5-28(20(29)14-31-3)13-16-11-17(23(24,25)26)7-8-18(16)19-9-15(10-21(30)33-6-2)12-27-22(19)32-4/h7-9,11-12H,5-6,10,13-14H2,1-4H3. The summed E-state index contributed by atoms with van der Waals surface area (Å²) in [7, 11) is 2.76. The summed E-state index contributed by atoms with van der Waals surface area (Å²) in [6.07, 6.45) is -3.17. The van der Waals surface area contributed by atoms with Crippen molar-refractivity contribution in [1.82, 2.24) is 9.88 Å². The molecule has 1 heterocycles. The maximum absolute atomic E-state index is 13.4. The number of hydrogen-bond acceptors (Lipinski definition) is 6. The number of hydrogen-bond donors (Lipinski definition) is 0. The van der Waals surface area contributed by atoms with Crippen molar-refractivity contribution in [1.29, 1.82) is 0 Å². The molecule has 0 radical (unpaired) electrons. The van der Waals surface area contributed by atoms with Gasteiger partial charge in [0, 0.05) is 32.0 Å². The lowest BCUT2D eigenvalue weighted by Gasteiger charge is -2.23. The summed E-state index contributed by atoms with van der Waals surface area (Å²) in [6, 6.07) is 4.92. The van der Waals surface area contributed by atoms with E-state index in [1.54, 1.807) is 19.9 Å². The fourth-order valence-corrected chi connectivity index (χ4v) is 3.29. The lowest BCUT2D eigenvalue weighted by atomic mass is 9.96. The van der Waals surface area contributed by atoms with Crippen LogP contribution in [0.2, 0.25) is 0 Å². The van der Waals surface area contributed by atoms with Crippen molar-refractivity contribution in [3.05, 3.63) is 47.2 Å². The first-order valence-corrected chi connectivity index (χ1v) is 10.3. The van der Waals surface area contributed by atoms with Crippen LogP contribution in [0.3, 0.4) is 0 Å². The van der Waals surface area contributed by atoms with Crippen LogP contribution in [-0.2, 0) is 38.2 Å². The Morgan fingerprint density at radius 3 is 2.39 bits per heavy atom. The topological polar surface area (TPSA) is 78.0 Å². The number of ether oxygens (including phenoxy) is 3. The molecule has 0 aliphatic rings. The average Bonchev–Trinajstić information content (AvgIpc) is 2.77. The molecule has 33 heavy (non-hydrogen) atoms. The molecule has 0 aliphatic carbocycles. The van der Waals surface area contributed by atoms with Gasteiger partial charge in [-0.05, 0) is 48.7 Å². The molecule has 0 spiro atoms.